The molecule has 0 bridgehead atoms. The molecule has 8 nitrogen and oxygen atoms in total. The fourth-order valence-electron chi connectivity index (χ4n) is 2.16. The van der Waals surface area contributed by atoms with Crippen molar-refractivity contribution in [3.63, 3.8) is 0 Å². The van der Waals surface area contributed by atoms with Crippen molar-refractivity contribution in [2.75, 3.05) is 12.4 Å². The minimum atomic E-state index is -3.92. The molecule has 26 heavy (non-hydrogen) atoms. The average molecular weight is 379 g/mol. The Morgan fingerprint density at radius 1 is 1.23 bits per heavy atom. The highest BCUT2D eigenvalue weighted by molar-refractivity contribution is 7.89. The van der Waals surface area contributed by atoms with Crippen LogP contribution in [0.1, 0.15) is 31.1 Å². The molecule has 3 N–H and O–H groups in total. The van der Waals surface area contributed by atoms with Crippen molar-refractivity contribution >= 4 is 21.7 Å². The SMILES string of the molecule is COc1ccc(C(=O)Nc2ncccc2O)cc1S(=O)(=O)NC(C)(C)C. The monoisotopic (exact) mass is 379 g/mol. The van der Waals surface area contributed by atoms with E-state index in [-0.39, 0.29) is 27.8 Å². The smallest absolute Gasteiger partial charge is 0.256 e. The van der Waals surface area contributed by atoms with Crippen molar-refractivity contribution < 1.29 is 23.1 Å². The lowest BCUT2D eigenvalue weighted by Crippen LogP contribution is -2.40. The molecule has 0 spiro atoms. The molecule has 0 saturated carbocycles. The van der Waals surface area contributed by atoms with Crippen LogP contribution in [-0.4, -0.2) is 37.1 Å². The van der Waals surface area contributed by atoms with Gasteiger partial charge in [-0.25, -0.2) is 18.1 Å². The van der Waals surface area contributed by atoms with Gasteiger partial charge in [0.1, 0.15) is 10.6 Å². The number of hydrogen-bond acceptors (Lipinski definition) is 6. The van der Waals surface area contributed by atoms with Gasteiger partial charge in [0.2, 0.25) is 10.0 Å². The maximum Gasteiger partial charge on any atom is 0.256 e. The zero-order valence-corrected chi connectivity index (χ0v) is 15.7. The number of nitrogens with zero attached hydrogens (tertiary/aromatic N) is 1. The number of ether oxygens (including phenoxy) is 1. The highest BCUT2D eigenvalue weighted by Gasteiger charge is 2.26. The third-order valence-corrected chi connectivity index (χ3v) is 4.95. The van der Waals surface area contributed by atoms with Crippen molar-refractivity contribution in [1.29, 1.82) is 0 Å². The van der Waals surface area contributed by atoms with Crippen LogP contribution in [0.15, 0.2) is 41.4 Å². The van der Waals surface area contributed by atoms with E-state index in [4.69, 9.17) is 4.74 Å². The fourth-order valence-corrected chi connectivity index (χ4v) is 3.77. The average Bonchev–Trinajstić information content (AvgIpc) is 2.54. The van der Waals surface area contributed by atoms with E-state index in [0.29, 0.717) is 0 Å². The van der Waals surface area contributed by atoms with Gasteiger partial charge in [0.15, 0.2) is 11.6 Å². The van der Waals surface area contributed by atoms with Gasteiger partial charge in [-0.3, -0.25) is 4.79 Å². The molecule has 0 atom stereocenters. The van der Waals surface area contributed by atoms with Crippen LogP contribution in [0.4, 0.5) is 5.82 Å². The minimum Gasteiger partial charge on any atom is -0.504 e. The molecule has 0 radical (unpaired) electrons. The molecule has 0 aliphatic rings. The Hall–Kier alpha value is -2.65. The summed E-state index contributed by atoms with van der Waals surface area (Å²) in [6.45, 7) is 5.12. The number of anilines is 1. The van der Waals surface area contributed by atoms with E-state index in [1.807, 2.05) is 0 Å². The number of carbonyl (C=O) groups is 1. The molecule has 1 aromatic heterocycles. The maximum atomic E-state index is 12.6. The summed E-state index contributed by atoms with van der Waals surface area (Å²) in [6, 6.07) is 6.91. The lowest BCUT2D eigenvalue weighted by molar-refractivity contribution is 0.102. The van der Waals surface area contributed by atoms with E-state index < -0.39 is 21.5 Å². The molecular formula is C17H21N3O5S. The first-order valence-corrected chi connectivity index (χ1v) is 9.19. The molecule has 2 rings (SSSR count). The third-order valence-electron chi connectivity index (χ3n) is 3.17. The molecule has 1 amide bonds. The highest BCUT2D eigenvalue weighted by Crippen LogP contribution is 2.27. The maximum absolute atomic E-state index is 12.6. The topological polar surface area (TPSA) is 118 Å². The number of aromatic nitrogens is 1. The normalized spacial score (nSPS) is 11.8. The molecule has 1 aromatic carbocycles. The molecule has 2 aromatic rings. The number of aromatic hydroxyl groups is 1. The Labute approximate surface area is 152 Å². The lowest BCUT2D eigenvalue weighted by Gasteiger charge is -2.21. The van der Waals surface area contributed by atoms with Crippen molar-refractivity contribution in [3.05, 3.63) is 42.1 Å². The summed E-state index contributed by atoms with van der Waals surface area (Å²) in [7, 11) is -2.57. The van der Waals surface area contributed by atoms with E-state index in [0.717, 1.165) is 0 Å². The fraction of sp³-hybridized carbons (Fsp3) is 0.294. The lowest BCUT2D eigenvalue weighted by atomic mass is 10.1. The van der Waals surface area contributed by atoms with Crippen molar-refractivity contribution in [2.24, 2.45) is 0 Å². The molecular weight excluding hydrogens is 358 g/mol. The van der Waals surface area contributed by atoms with Crippen LogP contribution in [-0.2, 0) is 10.0 Å². The second-order valence-corrected chi connectivity index (χ2v) is 8.20. The second-order valence-electron chi connectivity index (χ2n) is 6.55. The predicted octanol–water partition coefficient (Wildman–Crippen LogP) is 2.12. The molecule has 0 unspecified atom stereocenters. The zero-order valence-electron chi connectivity index (χ0n) is 14.9. The standard InChI is InChI=1S/C17H21N3O5S/c1-17(2,3)20-26(23,24)14-10-11(7-8-13(14)25-4)16(22)19-15-12(21)6-5-9-18-15/h5-10,20-21H,1-4H3,(H,18,19,22). The summed E-state index contributed by atoms with van der Waals surface area (Å²) in [6.07, 6.45) is 1.41. The van der Waals surface area contributed by atoms with Gasteiger partial charge in [-0.2, -0.15) is 0 Å². The summed E-state index contributed by atoms with van der Waals surface area (Å²) >= 11 is 0. The van der Waals surface area contributed by atoms with Crippen molar-refractivity contribution in [1.82, 2.24) is 9.71 Å². The van der Waals surface area contributed by atoms with Gasteiger partial charge in [-0.05, 0) is 51.1 Å². The van der Waals surface area contributed by atoms with Crippen LogP contribution in [0.3, 0.4) is 0 Å². The molecule has 0 aliphatic heterocycles. The minimum absolute atomic E-state index is 0.0226. The van der Waals surface area contributed by atoms with Crippen molar-refractivity contribution in [2.45, 2.75) is 31.2 Å². The van der Waals surface area contributed by atoms with Crippen LogP contribution >= 0.6 is 0 Å². The van der Waals surface area contributed by atoms with Gasteiger partial charge in [0.05, 0.1) is 7.11 Å². The first kappa shape index (κ1) is 19.7. The first-order valence-electron chi connectivity index (χ1n) is 7.71. The second kappa shape index (κ2) is 7.30. The van der Waals surface area contributed by atoms with Gasteiger partial charge in [0.25, 0.3) is 5.91 Å². The van der Waals surface area contributed by atoms with E-state index >= 15 is 0 Å². The van der Waals surface area contributed by atoms with Crippen LogP contribution in [0.2, 0.25) is 0 Å². The molecule has 140 valence electrons. The summed E-state index contributed by atoms with van der Waals surface area (Å²) in [5.41, 5.74) is -0.632. The Balaban J connectivity index is 2.40. The largest absolute Gasteiger partial charge is 0.504 e. The van der Waals surface area contributed by atoms with Crippen molar-refractivity contribution in [3.8, 4) is 11.5 Å². The van der Waals surface area contributed by atoms with Gasteiger partial charge < -0.3 is 15.2 Å². The number of amides is 1. The predicted molar refractivity (Wildman–Crippen MR) is 96.9 cm³/mol. The van der Waals surface area contributed by atoms with Gasteiger partial charge >= 0.3 is 0 Å². The van der Waals surface area contributed by atoms with Crippen LogP contribution < -0.4 is 14.8 Å². The Morgan fingerprint density at radius 3 is 2.50 bits per heavy atom. The molecule has 1 heterocycles. The van der Waals surface area contributed by atoms with Gasteiger partial charge in [0, 0.05) is 17.3 Å². The molecule has 9 heteroatoms. The Kier molecular flexibility index (Phi) is 5.53. The number of nitrogens with one attached hydrogen (secondary N) is 2. The van der Waals surface area contributed by atoms with Crippen LogP contribution in [0, 0.1) is 0 Å². The van der Waals surface area contributed by atoms with Crippen LogP contribution in [0.5, 0.6) is 11.5 Å². The number of sulfonamides is 1. The number of carbonyl (C=O) groups excluding carboxylic acids is 1. The van der Waals surface area contributed by atoms with Gasteiger partial charge in [-0.1, -0.05) is 0 Å². The summed E-state index contributed by atoms with van der Waals surface area (Å²) < 4.78 is 32.9. The Bertz CT molecular complexity index is 920. The van der Waals surface area contributed by atoms with Crippen LogP contribution in [0.25, 0.3) is 0 Å². The molecule has 0 aliphatic carbocycles. The number of rotatable bonds is 5. The number of benzene rings is 1. The highest BCUT2D eigenvalue weighted by atomic mass is 32.2. The van der Waals surface area contributed by atoms with E-state index in [2.05, 4.69) is 15.0 Å². The number of methoxy groups -OCH3 is 1. The molecule has 0 saturated heterocycles. The molecule has 0 fully saturated rings. The quantitative estimate of drug-likeness (QED) is 0.732. The summed E-state index contributed by atoms with van der Waals surface area (Å²) in [4.78, 5) is 16.1. The summed E-state index contributed by atoms with van der Waals surface area (Å²) in [5.74, 6) is -0.727. The third kappa shape index (κ3) is 4.70. The van der Waals surface area contributed by atoms with Gasteiger partial charge in [-0.15, -0.1) is 0 Å². The Morgan fingerprint density at radius 2 is 1.92 bits per heavy atom. The van der Waals surface area contributed by atoms with E-state index in [1.165, 1.54) is 43.6 Å². The number of hydrogen-bond donors (Lipinski definition) is 3. The first-order chi connectivity index (χ1) is 12.0. The summed E-state index contributed by atoms with van der Waals surface area (Å²) in [5, 5.41) is 12.1. The van der Waals surface area contributed by atoms with E-state index in [1.54, 1.807) is 20.8 Å². The zero-order chi connectivity index (χ0) is 19.5. The number of pyridine rings is 1. The van der Waals surface area contributed by atoms with E-state index in [9.17, 15) is 18.3 Å².